The summed E-state index contributed by atoms with van der Waals surface area (Å²) in [7, 11) is 0. The standard InChI is InChI=1S/C13H14N4O3/c18-11(16-6-1-2-7-16)8-17-12-9(13(19)20)4-3-5-10(12)14-15-17/h3-5H,1-2,6-8H2,(H,19,20). The van der Waals surface area contributed by atoms with Crippen molar-refractivity contribution in [3.05, 3.63) is 23.8 Å². The lowest BCUT2D eigenvalue weighted by Crippen LogP contribution is -2.31. The fourth-order valence-corrected chi connectivity index (χ4v) is 2.51. The zero-order valence-electron chi connectivity index (χ0n) is 10.8. The molecule has 0 atom stereocenters. The zero-order valence-corrected chi connectivity index (χ0v) is 10.8. The molecule has 1 aliphatic heterocycles. The molecule has 20 heavy (non-hydrogen) atoms. The lowest BCUT2D eigenvalue weighted by atomic mass is 10.2. The first-order valence-electron chi connectivity index (χ1n) is 6.50. The van der Waals surface area contributed by atoms with Crippen molar-refractivity contribution in [3.63, 3.8) is 0 Å². The predicted molar refractivity (Wildman–Crippen MR) is 70.3 cm³/mol. The van der Waals surface area contributed by atoms with Crippen LogP contribution in [0.25, 0.3) is 11.0 Å². The van der Waals surface area contributed by atoms with Crippen molar-refractivity contribution in [1.82, 2.24) is 19.9 Å². The quantitative estimate of drug-likeness (QED) is 0.892. The van der Waals surface area contributed by atoms with Crippen molar-refractivity contribution < 1.29 is 14.7 Å². The van der Waals surface area contributed by atoms with Crippen LogP contribution in [0.2, 0.25) is 0 Å². The predicted octanol–water partition coefficient (Wildman–Crippen LogP) is 0.752. The number of hydrogen-bond acceptors (Lipinski definition) is 4. The molecular weight excluding hydrogens is 260 g/mol. The van der Waals surface area contributed by atoms with E-state index in [1.54, 1.807) is 17.0 Å². The summed E-state index contributed by atoms with van der Waals surface area (Å²) in [6.07, 6.45) is 2.04. The summed E-state index contributed by atoms with van der Waals surface area (Å²) < 4.78 is 1.37. The molecule has 2 aromatic rings. The third-order valence-corrected chi connectivity index (χ3v) is 3.51. The number of aromatic carboxylic acids is 1. The topological polar surface area (TPSA) is 88.3 Å². The van der Waals surface area contributed by atoms with Crippen molar-refractivity contribution in [2.75, 3.05) is 13.1 Å². The van der Waals surface area contributed by atoms with Crippen LogP contribution in [-0.2, 0) is 11.3 Å². The van der Waals surface area contributed by atoms with Gasteiger partial charge in [0, 0.05) is 13.1 Å². The van der Waals surface area contributed by atoms with Gasteiger partial charge in [0.2, 0.25) is 5.91 Å². The molecular formula is C13H14N4O3. The van der Waals surface area contributed by atoms with E-state index in [4.69, 9.17) is 0 Å². The number of para-hydroxylation sites is 1. The van der Waals surface area contributed by atoms with E-state index >= 15 is 0 Å². The second-order valence-electron chi connectivity index (χ2n) is 4.81. The Labute approximate surface area is 114 Å². The normalized spacial score (nSPS) is 14.9. The number of aromatic nitrogens is 3. The summed E-state index contributed by atoms with van der Waals surface area (Å²) >= 11 is 0. The number of carbonyl (C=O) groups excluding carboxylic acids is 1. The minimum atomic E-state index is -1.05. The van der Waals surface area contributed by atoms with E-state index in [9.17, 15) is 14.7 Å². The average Bonchev–Trinajstić information content (AvgIpc) is 3.08. The van der Waals surface area contributed by atoms with Gasteiger partial charge in [-0.25, -0.2) is 9.48 Å². The number of hydrogen-bond donors (Lipinski definition) is 1. The van der Waals surface area contributed by atoms with Crippen molar-refractivity contribution in [1.29, 1.82) is 0 Å². The van der Waals surface area contributed by atoms with Gasteiger partial charge < -0.3 is 10.0 Å². The number of carboxylic acids is 1. The largest absolute Gasteiger partial charge is 0.478 e. The lowest BCUT2D eigenvalue weighted by molar-refractivity contribution is -0.130. The minimum absolute atomic E-state index is 0.0286. The summed E-state index contributed by atoms with van der Waals surface area (Å²) in [5.41, 5.74) is 0.994. The smallest absolute Gasteiger partial charge is 0.337 e. The van der Waals surface area contributed by atoms with Crippen LogP contribution in [-0.4, -0.2) is 50.0 Å². The highest BCUT2D eigenvalue weighted by molar-refractivity contribution is 6.01. The van der Waals surface area contributed by atoms with Crippen molar-refractivity contribution >= 4 is 22.9 Å². The van der Waals surface area contributed by atoms with Crippen molar-refractivity contribution in [2.45, 2.75) is 19.4 Å². The van der Waals surface area contributed by atoms with Crippen molar-refractivity contribution in [2.24, 2.45) is 0 Å². The fourth-order valence-electron chi connectivity index (χ4n) is 2.51. The highest BCUT2D eigenvalue weighted by atomic mass is 16.4. The van der Waals surface area contributed by atoms with Crippen LogP contribution in [0.5, 0.6) is 0 Å². The summed E-state index contributed by atoms with van der Waals surface area (Å²) in [6, 6.07) is 4.80. The van der Waals surface area contributed by atoms with Crippen LogP contribution in [0.1, 0.15) is 23.2 Å². The number of likely N-dealkylation sites (tertiary alicyclic amines) is 1. The SMILES string of the molecule is O=C(O)c1cccc2nnn(CC(=O)N3CCCC3)c12. The summed E-state index contributed by atoms with van der Waals surface area (Å²) in [4.78, 5) is 25.1. The molecule has 1 aromatic heterocycles. The second kappa shape index (κ2) is 4.92. The van der Waals surface area contributed by atoms with Gasteiger partial charge in [0.15, 0.2) is 0 Å². The molecule has 1 saturated heterocycles. The third-order valence-electron chi connectivity index (χ3n) is 3.51. The van der Waals surface area contributed by atoms with E-state index in [0.29, 0.717) is 11.0 Å². The van der Waals surface area contributed by atoms with Crippen LogP contribution >= 0.6 is 0 Å². The Kier molecular flexibility index (Phi) is 3.09. The minimum Gasteiger partial charge on any atom is -0.478 e. The van der Waals surface area contributed by atoms with Crippen LogP contribution in [0.4, 0.5) is 0 Å². The number of benzene rings is 1. The molecule has 0 spiro atoms. The highest BCUT2D eigenvalue weighted by Crippen LogP contribution is 2.17. The lowest BCUT2D eigenvalue weighted by Gasteiger charge is -2.15. The van der Waals surface area contributed by atoms with Crippen LogP contribution in [0.3, 0.4) is 0 Å². The van der Waals surface area contributed by atoms with Gasteiger partial charge in [-0.15, -0.1) is 5.10 Å². The molecule has 0 radical (unpaired) electrons. The van der Waals surface area contributed by atoms with Gasteiger partial charge in [-0.1, -0.05) is 11.3 Å². The Balaban J connectivity index is 1.95. The van der Waals surface area contributed by atoms with E-state index in [-0.39, 0.29) is 18.0 Å². The molecule has 0 aliphatic carbocycles. The Bertz CT molecular complexity index is 673. The first kappa shape index (κ1) is 12.6. The molecule has 1 amide bonds. The number of amides is 1. The summed E-state index contributed by atoms with van der Waals surface area (Å²) in [5, 5.41) is 17.0. The highest BCUT2D eigenvalue weighted by Gasteiger charge is 2.21. The fraction of sp³-hybridized carbons (Fsp3) is 0.385. The Morgan fingerprint density at radius 3 is 2.70 bits per heavy atom. The van der Waals surface area contributed by atoms with Crippen LogP contribution in [0.15, 0.2) is 18.2 Å². The molecule has 2 heterocycles. The maximum atomic E-state index is 12.1. The molecule has 1 aliphatic rings. The number of carbonyl (C=O) groups is 2. The number of carboxylic acid groups (broad SMARTS) is 1. The third kappa shape index (κ3) is 2.11. The average molecular weight is 274 g/mol. The molecule has 7 nitrogen and oxygen atoms in total. The molecule has 3 rings (SSSR count). The molecule has 1 aromatic carbocycles. The van der Waals surface area contributed by atoms with Crippen LogP contribution < -0.4 is 0 Å². The Morgan fingerprint density at radius 1 is 1.25 bits per heavy atom. The van der Waals surface area contributed by atoms with Gasteiger partial charge in [-0.3, -0.25) is 4.79 Å². The van der Waals surface area contributed by atoms with Gasteiger partial charge in [-0.2, -0.15) is 0 Å². The molecule has 0 bridgehead atoms. The van der Waals surface area contributed by atoms with E-state index < -0.39 is 5.97 Å². The first-order chi connectivity index (χ1) is 9.66. The van der Waals surface area contributed by atoms with E-state index in [1.165, 1.54) is 10.7 Å². The number of nitrogens with zero attached hydrogens (tertiary/aromatic N) is 4. The van der Waals surface area contributed by atoms with Gasteiger partial charge in [0.05, 0.1) is 5.56 Å². The Morgan fingerprint density at radius 2 is 2.00 bits per heavy atom. The van der Waals surface area contributed by atoms with Crippen molar-refractivity contribution in [3.8, 4) is 0 Å². The molecule has 1 N–H and O–H groups in total. The zero-order chi connectivity index (χ0) is 14.1. The summed E-state index contributed by atoms with van der Waals surface area (Å²) in [5.74, 6) is -1.10. The molecule has 0 unspecified atom stereocenters. The van der Waals surface area contributed by atoms with E-state index in [0.717, 1.165) is 25.9 Å². The molecule has 0 saturated carbocycles. The number of rotatable bonds is 3. The first-order valence-corrected chi connectivity index (χ1v) is 6.50. The van der Waals surface area contributed by atoms with Gasteiger partial charge in [-0.05, 0) is 25.0 Å². The van der Waals surface area contributed by atoms with E-state index in [2.05, 4.69) is 10.3 Å². The van der Waals surface area contributed by atoms with Gasteiger partial charge >= 0.3 is 5.97 Å². The van der Waals surface area contributed by atoms with E-state index in [1.807, 2.05) is 0 Å². The van der Waals surface area contributed by atoms with Gasteiger partial charge in [0.25, 0.3) is 0 Å². The molecule has 7 heteroatoms. The monoisotopic (exact) mass is 274 g/mol. The molecule has 104 valence electrons. The summed E-state index contributed by atoms with van der Waals surface area (Å²) in [6.45, 7) is 1.55. The maximum Gasteiger partial charge on any atom is 0.337 e. The number of fused-ring (bicyclic) bond motifs is 1. The van der Waals surface area contributed by atoms with Gasteiger partial charge in [0.1, 0.15) is 17.6 Å². The maximum absolute atomic E-state index is 12.1. The molecule has 1 fully saturated rings. The van der Waals surface area contributed by atoms with Crippen LogP contribution in [0, 0.1) is 0 Å². The second-order valence-corrected chi connectivity index (χ2v) is 4.81. The Hall–Kier alpha value is -2.44.